The highest BCUT2D eigenvalue weighted by atomic mass is 35.5. The number of furan rings is 1. The second kappa shape index (κ2) is 2.75. The first-order valence-electron chi connectivity index (χ1n) is 2.62. The van der Waals surface area contributed by atoms with Gasteiger partial charge in [0, 0.05) is 17.7 Å². The molecule has 0 atom stereocenters. The van der Waals surface area contributed by atoms with E-state index in [4.69, 9.17) is 16.0 Å². The number of rotatable bonds is 1. The fraction of sp³-hybridized carbons (Fsp3) is 0.167. The summed E-state index contributed by atoms with van der Waals surface area (Å²) in [6.45, 7) is 1.74. The summed E-state index contributed by atoms with van der Waals surface area (Å²) in [5, 5.41) is 0. The SMILES string of the molecule is Cc1ccc(OC(=O)Cl)o1. The summed E-state index contributed by atoms with van der Waals surface area (Å²) in [6.07, 6.45) is 0. The minimum atomic E-state index is -0.894. The van der Waals surface area contributed by atoms with Crippen molar-refractivity contribution in [1.29, 1.82) is 0 Å². The van der Waals surface area contributed by atoms with Crippen molar-refractivity contribution < 1.29 is 13.9 Å². The molecular formula is C6H5ClO3. The van der Waals surface area contributed by atoms with Gasteiger partial charge in [-0.15, -0.1) is 0 Å². The van der Waals surface area contributed by atoms with Crippen LogP contribution in [0.3, 0.4) is 0 Å². The lowest BCUT2D eigenvalue weighted by molar-refractivity contribution is 0.212. The van der Waals surface area contributed by atoms with E-state index in [0.717, 1.165) is 0 Å². The molecule has 3 nitrogen and oxygen atoms in total. The number of ether oxygens (including phenoxy) is 1. The lowest BCUT2D eigenvalue weighted by Crippen LogP contribution is -1.93. The molecule has 0 spiro atoms. The second-order valence-corrected chi connectivity index (χ2v) is 2.01. The van der Waals surface area contributed by atoms with Gasteiger partial charge in [0.15, 0.2) is 0 Å². The normalized spacial score (nSPS) is 9.40. The molecule has 0 saturated carbocycles. The van der Waals surface area contributed by atoms with Gasteiger partial charge >= 0.3 is 5.43 Å². The van der Waals surface area contributed by atoms with Crippen LogP contribution in [0.2, 0.25) is 0 Å². The van der Waals surface area contributed by atoms with Crippen LogP contribution in [0.25, 0.3) is 0 Å². The molecule has 0 aliphatic carbocycles. The van der Waals surface area contributed by atoms with Gasteiger partial charge in [0.1, 0.15) is 5.76 Å². The Kier molecular flexibility index (Phi) is 1.97. The van der Waals surface area contributed by atoms with E-state index < -0.39 is 5.43 Å². The zero-order chi connectivity index (χ0) is 7.56. The van der Waals surface area contributed by atoms with E-state index in [1.165, 1.54) is 6.07 Å². The highest BCUT2D eigenvalue weighted by molar-refractivity contribution is 6.61. The third-order valence-corrected chi connectivity index (χ3v) is 0.974. The van der Waals surface area contributed by atoms with Gasteiger partial charge < -0.3 is 9.15 Å². The van der Waals surface area contributed by atoms with Crippen molar-refractivity contribution in [1.82, 2.24) is 0 Å². The fourth-order valence-corrected chi connectivity index (χ4v) is 0.622. The predicted octanol–water partition coefficient (Wildman–Crippen LogP) is 2.33. The van der Waals surface area contributed by atoms with Crippen LogP contribution in [-0.4, -0.2) is 5.43 Å². The molecule has 0 unspecified atom stereocenters. The van der Waals surface area contributed by atoms with Crippen LogP contribution in [0.5, 0.6) is 5.95 Å². The van der Waals surface area contributed by atoms with E-state index in [1.807, 2.05) is 0 Å². The molecule has 0 radical (unpaired) electrons. The Morgan fingerprint density at radius 3 is 2.80 bits per heavy atom. The number of carbonyl (C=O) groups is 1. The molecule has 1 aromatic rings. The lowest BCUT2D eigenvalue weighted by Gasteiger charge is -1.90. The predicted molar refractivity (Wildman–Crippen MR) is 35.3 cm³/mol. The van der Waals surface area contributed by atoms with Crippen LogP contribution in [0.4, 0.5) is 4.79 Å². The van der Waals surface area contributed by atoms with Crippen LogP contribution in [0.1, 0.15) is 5.76 Å². The Hall–Kier alpha value is -0.960. The van der Waals surface area contributed by atoms with Gasteiger partial charge in [-0.3, -0.25) is 0 Å². The molecular weight excluding hydrogens is 156 g/mol. The maximum atomic E-state index is 10.1. The molecule has 0 aliphatic heterocycles. The van der Waals surface area contributed by atoms with Crippen molar-refractivity contribution in [3.05, 3.63) is 17.9 Å². The van der Waals surface area contributed by atoms with Crippen LogP contribution < -0.4 is 4.74 Å². The first-order valence-corrected chi connectivity index (χ1v) is 3.00. The Morgan fingerprint density at radius 1 is 1.70 bits per heavy atom. The van der Waals surface area contributed by atoms with Gasteiger partial charge in [0.2, 0.25) is 0 Å². The van der Waals surface area contributed by atoms with E-state index in [-0.39, 0.29) is 5.95 Å². The Morgan fingerprint density at radius 2 is 2.40 bits per heavy atom. The van der Waals surface area contributed by atoms with Crippen LogP contribution in [-0.2, 0) is 0 Å². The van der Waals surface area contributed by atoms with Gasteiger partial charge in [-0.2, -0.15) is 0 Å². The smallest absolute Gasteiger partial charge is 0.411 e. The summed E-state index contributed by atoms with van der Waals surface area (Å²) in [7, 11) is 0. The number of hydrogen-bond donors (Lipinski definition) is 0. The molecule has 0 fully saturated rings. The maximum absolute atomic E-state index is 10.1. The molecule has 1 aromatic heterocycles. The standard InChI is InChI=1S/C6H5ClO3/c1-4-2-3-5(9-4)10-6(7)8/h2-3H,1H3. The van der Waals surface area contributed by atoms with Gasteiger partial charge in [0.25, 0.3) is 5.95 Å². The topological polar surface area (TPSA) is 39.4 Å². The molecule has 54 valence electrons. The highest BCUT2D eigenvalue weighted by Gasteiger charge is 2.02. The molecule has 4 heteroatoms. The average Bonchev–Trinajstić information content (AvgIpc) is 2.13. The molecule has 0 bridgehead atoms. The van der Waals surface area contributed by atoms with Crippen molar-refractivity contribution in [2.75, 3.05) is 0 Å². The first kappa shape index (κ1) is 7.15. The van der Waals surface area contributed by atoms with Gasteiger partial charge in [-0.05, 0) is 13.0 Å². The molecule has 0 N–H and O–H groups in total. The third-order valence-electron chi connectivity index (χ3n) is 0.897. The van der Waals surface area contributed by atoms with Crippen LogP contribution in [0, 0.1) is 6.92 Å². The number of carbonyl (C=O) groups excluding carboxylic acids is 1. The molecule has 0 saturated heterocycles. The summed E-state index contributed by atoms with van der Waals surface area (Å²) < 4.78 is 9.26. The summed E-state index contributed by atoms with van der Waals surface area (Å²) >= 11 is 4.90. The van der Waals surface area contributed by atoms with Gasteiger partial charge in [-0.25, -0.2) is 4.79 Å². The summed E-state index contributed by atoms with van der Waals surface area (Å²) in [5.74, 6) is 0.797. The van der Waals surface area contributed by atoms with Gasteiger partial charge in [0.05, 0.1) is 0 Å². The number of hydrogen-bond acceptors (Lipinski definition) is 3. The second-order valence-electron chi connectivity index (χ2n) is 1.70. The monoisotopic (exact) mass is 160 g/mol. The summed E-state index contributed by atoms with van der Waals surface area (Å²) in [4.78, 5) is 10.1. The number of aryl methyl sites for hydroxylation is 1. The summed E-state index contributed by atoms with van der Waals surface area (Å²) in [5.41, 5.74) is -0.894. The zero-order valence-electron chi connectivity index (χ0n) is 5.26. The van der Waals surface area contributed by atoms with Crippen molar-refractivity contribution in [3.8, 4) is 5.95 Å². The fourth-order valence-electron chi connectivity index (χ4n) is 0.546. The molecule has 1 rings (SSSR count). The highest BCUT2D eigenvalue weighted by Crippen LogP contribution is 2.15. The van der Waals surface area contributed by atoms with Crippen molar-refractivity contribution in [3.63, 3.8) is 0 Å². The van der Waals surface area contributed by atoms with Crippen molar-refractivity contribution >= 4 is 17.0 Å². The Balaban J connectivity index is 2.67. The van der Waals surface area contributed by atoms with E-state index in [0.29, 0.717) is 5.76 Å². The van der Waals surface area contributed by atoms with Gasteiger partial charge in [-0.1, -0.05) is 0 Å². The zero-order valence-corrected chi connectivity index (χ0v) is 6.01. The number of halogens is 1. The quantitative estimate of drug-likeness (QED) is 0.592. The third kappa shape index (κ3) is 1.77. The molecule has 10 heavy (non-hydrogen) atoms. The van der Waals surface area contributed by atoms with Crippen molar-refractivity contribution in [2.24, 2.45) is 0 Å². The van der Waals surface area contributed by atoms with Crippen LogP contribution in [0.15, 0.2) is 16.5 Å². The molecule has 0 aromatic carbocycles. The van der Waals surface area contributed by atoms with Crippen LogP contribution >= 0.6 is 11.6 Å². The van der Waals surface area contributed by atoms with E-state index in [9.17, 15) is 4.79 Å². The largest absolute Gasteiger partial charge is 0.431 e. The average molecular weight is 161 g/mol. The summed E-state index contributed by atoms with van der Waals surface area (Å²) in [6, 6.07) is 3.20. The van der Waals surface area contributed by atoms with E-state index in [1.54, 1.807) is 13.0 Å². The first-order chi connectivity index (χ1) is 4.68. The maximum Gasteiger partial charge on any atom is 0.411 e. The lowest BCUT2D eigenvalue weighted by atomic mass is 10.5. The van der Waals surface area contributed by atoms with E-state index >= 15 is 0 Å². The molecule has 0 aliphatic rings. The van der Waals surface area contributed by atoms with Crippen molar-refractivity contribution in [2.45, 2.75) is 6.92 Å². The minimum absolute atomic E-state index is 0.123. The molecule has 1 heterocycles. The Bertz CT molecular complexity index is 241. The Labute approximate surface area is 62.5 Å². The molecule has 0 amide bonds. The van der Waals surface area contributed by atoms with E-state index in [2.05, 4.69) is 4.74 Å². The minimum Gasteiger partial charge on any atom is -0.431 e.